The number of rotatable bonds is 4. The van der Waals surface area contributed by atoms with Gasteiger partial charge in [0.25, 0.3) is 0 Å². The van der Waals surface area contributed by atoms with Crippen molar-refractivity contribution in [3.05, 3.63) is 28.2 Å². The summed E-state index contributed by atoms with van der Waals surface area (Å²) in [5.74, 6) is -0.730. The van der Waals surface area contributed by atoms with Crippen molar-refractivity contribution in [1.82, 2.24) is 0 Å². The first-order valence-electron chi connectivity index (χ1n) is 4.39. The molecular weight excluding hydrogens is 239 g/mol. The van der Waals surface area contributed by atoms with Crippen LogP contribution in [0.5, 0.6) is 5.75 Å². The van der Waals surface area contributed by atoms with Gasteiger partial charge in [-0.1, -0.05) is 30.1 Å². The number of carboxylic acid groups (broad SMARTS) is 1. The number of hydrogen-bond donors (Lipinski definition) is 1. The zero-order valence-corrected chi connectivity index (χ0v) is 9.55. The van der Waals surface area contributed by atoms with Gasteiger partial charge in [-0.15, -0.1) is 0 Å². The summed E-state index contributed by atoms with van der Waals surface area (Å²) in [6.45, 7) is 1.72. The molecule has 0 saturated heterocycles. The molecule has 0 saturated carbocycles. The van der Waals surface area contributed by atoms with Gasteiger partial charge in [-0.2, -0.15) is 0 Å². The van der Waals surface area contributed by atoms with E-state index in [2.05, 4.69) is 0 Å². The molecule has 0 aliphatic heterocycles. The zero-order chi connectivity index (χ0) is 11.4. The molecular formula is C10H10Cl2O3. The Balaban J connectivity index is 2.87. The van der Waals surface area contributed by atoms with E-state index in [9.17, 15) is 4.79 Å². The third kappa shape index (κ3) is 3.29. The molecule has 0 heterocycles. The van der Waals surface area contributed by atoms with Gasteiger partial charge in [0.2, 0.25) is 0 Å². The van der Waals surface area contributed by atoms with E-state index in [-0.39, 0.29) is 0 Å². The maximum absolute atomic E-state index is 10.7. The van der Waals surface area contributed by atoms with E-state index in [1.54, 1.807) is 19.1 Å². The Bertz CT molecular complexity index is 366. The van der Waals surface area contributed by atoms with Crippen LogP contribution < -0.4 is 4.74 Å². The molecule has 0 aliphatic rings. The summed E-state index contributed by atoms with van der Waals surface area (Å²) in [5, 5.41) is 9.59. The molecule has 0 aliphatic carbocycles. The van der Waals surface area contributed by atoms with E-state index in [0.717, 1.165) is 0 Å². The monoisotopic (exact) mass is 248 g/mol. The van der Waals surface area contributed by atoms with E-state index in [0.29, 0.717) is 22.2 Å². The highest BCUT2D eigenvalue weighted by Gasteiger charge is 2.18. The smallest absolute Gasteiger partial charge is 0.344 e. The van der Waals surface area contributed by atoms with Crippen LogP contribution >= 0.6 is 23.2 Å². The van der Waals surface area contributed by atoms with Gasteiger partial charge in [0, 0.05) is 11.1 Å². The zero-order valence-electron chi connectivity index (χ0n) is 8.04. The lowest BCUT2D eigenvalue weighted by atomic mass is 10.2. The quantitative estimate of drug-likeness (QED) is 0.890. The van der Waals surface area contributed by atoms with Gasteiger partial charge in [0.05, 0.1) is 5.02 Å². The van der Waals surface area contributed by atoms with Crippen LogP contribution in [0.4, 0.5) is 0 Å². The fourth-order valence-corrected chi connectivity index (χ4v) is 1.35. The standard InChI is InChI=1S/C10H10Cl2O3/c1-2-8(10(13)14)15-9-5-6(11)3-4-7(9)12/h3-5,8H,2H2,1H3,(H,13,14)/t8-/m0/s1. The number of halogens is 2. The number of carbonyl (C=O) groups is 1. The Labute approximate surface area is 97.6 Å². The van der Waals surface area contributed by atoms with Crippen LogP contribution in [0.3, 0.4) is 0 Å². The number of aliphatic carboxylic acids is 1. The van der Waals surface area contributed by atoms with Gasteiger partial charge in [-0.05, 0) is 18.6 Å². The highest BCUT2D eigenvalue weighted by molar-refractivity contribution is 6.34. The highest BCUT2D eigenvalue weighted by atomic mass is 35.5. The minimum absolute atomic E-state index is 0.290. The first-order valence-corrected chi connectivity index (χ1v) is 5.14. The van der Waals surface area contributed by atoms with Gasteiger partial charge in [-0.3, -0.25) is 0 Å². The summed E-state index contributed by atoms with van der Waals surface area (Å²) in [6.07, 6.45) is -0.543. The molecule has 0 radical (unpaired) electrons. The van der Waals surface area contributed by atoms with Gasteiger partial charge >= 0.3 is 5.97 Å². The predicted molar refractivity (Wildman–Crippen MR) is 58.8 cm³/mol. The van der Waals surface area contributed by atoms with Crippen molar-refractivity contribution in [1.29, 1.82) is 0 Å². The molecule has 0 unspecified atom stereocenters. The van der Waals surface area contributed by atoms with Crippen LogP contribution in [0.15, 0.2) is 18.2 Å². The van der Waals surface area contributed by atoms with Crippen molar-refractivity contribution < 1.29 is 14.6 Å². The highest BCUT2D eigenvalue weighted by Crippen LogP contribution is 2.28. The first-order chi connectivity index (χ1) is 7.04. The van der Waals surface area contributed by atoms with Crippen LogP contribution in [-0.4, -0.2) is 17.2 Å². The maximum Gasteiger partial charge on any atom is 0.344 e. The molecule has 5 heteroatoms. The van der Waals surface area contributed by atoms with E-state index >= 15 is 0 Å². The summed E-state index contributed by atoms with van der Waals surface area (Å²) in [4.78, 5) is 10.7. The predicted octanol–water partition coefficient (Wildman–Crippen LogP) is 3.24. The summed E-state index contributed by atoms with van der Waals surface area (Å²) < 4.78 is 5.22. The number of benzene rings is 1. The SMILES string of the molecule is CC[C@H](Oc1cc(Cl)ccc1Cl)C(=O)O. The molecule has 3 nitrogen and oxygen atoms in total. The lowest BCUT2D eigenvalue weighted by Gasteiger charge is -2.14. The third-order valence-corrected chi connectivity index (χ3v) is 2.36. The van der Waals surface area contributed by atoms with E-state index in [4.69, 9.17) is 33.0 Å². The molecule has 0 amide bonds. The minimum atomic E-state index is -1.02. The average molecular weight is 249 g/mol. The lowest BCUT2D eigenvalue weighted by molar-refractivity contribution is -0.145. The van der Waals surface area contributed by atoms with Crippen molar-refractivity contribution >= 4 is 29.2 Å². The topological polar surface area (TPSA) is 46.5 Å². The second kappa shape index (κ2) is 5.24. The molecule has 82 valence electrons. The Morgan fingerprint density at radius 2 is 2.20 bits per heavy atom. The normalized spacial score (nSPS) is 12.2. The molecule has 0 aromatic heterocycles. The Hall–Kier alpha value is -0.930. The lowest BCUT2D eigenvalue weighted by Crippen LogP contribution is -2.26. The summed E-state index contributed by atoms with van der Waals surface area (Å²) in [7, 11) is 0. The second-order valence-corrected chi connectivity index (χ2v) is 3.77. The molecule has 1 rings (SSSR count). The number of carboxylic acids is 1. The minimum Gasteiger partial charge on any atom is -0.479 e. The average Bonchev–Trinajstić information content (AvgIpc) is 2.18. The molecule has 0 fully saturated rings. The molecule has 0 bridgehead atoms. The van der Waals surface area contributed by atoms with Crippen molar-refractivity contribution in [3.8, 4) is 5.75 Å². The van der Waals surface area contributed by atoms with Crippen LogP contribution in [-0.2, 0) is 4.79 Å². The van der Waals surface area contributed by atoms with Gasteiger partial charge < -0.3 is 9.84 Å². The number of ether oxygens (including phenoxy) is 1. The fraction of sp³-hybridized carbons (Fsp3) is 0.300. The summed E-state index contributed by atoms with van der Waals surface area (Å²) >= 11 is 11.6. The molecule has 1 aromatic carbocycles. The van der Waals surface area contributed by atoms with E-state index in [1.807, 2.05) is 0 Å². The number of hydrogen-bond acceptors (Lipinski definition) is 2. The first kappa shape index (κ1) is 12.1. The van der Waals surface area contributed by atoms with Crippen LogP contribution in [0.2, 0.25) is 10.0 Å². The van der Waals surface area contributed by atoms with Crippen LogP contribution in [0.25, 0.3) is 0 Å². The Morgan fingerprint density at radius 3 is 2.73 bits per heavy atom. The Morgan fingerprint density at radius 1 is 1.53 bits per heavy atom. The van der Waals surface area contributed by atoms with Crippen LogP contribution in [0.1, 0.15) is 13.3 Å². The summed E-state index contributed by atoms with van der Waals surface area (Å²) in [6, 6.07) is 4.67. The van der Waals surface area contributed by atoms with Gasteiger partial charge in [0.1, 0.15) is 5.75 Å². The van der Waals surface area contributed by atoms with Crippen molar-refractivity contribution in [2.75, 3.05) is 0 Å². The third-order valence-electron chi connectivity index (χ3n) is 1.81. The van der Waals surface area contributed by atoms with Crippen molar-refractivity contribution in [2.45, 2.75) is 19.4 Å². The molecule has 1 atom stereocenters. The maximum atomic E-state index is 10.7. The molecule has 1 N–H and O–H groups in total. The van der Waals surface area contributed by atoms with Gasteiger partial charge in [-0.25, -0.2) is 4.79 Å². The van der Waals surface area contributed by atoms with Crippen molar-refractivity contribution in [3.63, 3.8) is 0 Å². The van der Waals surface area contributed by atoms with E-state index in [1.165, 1.54) is 6.07 Å². The van der Waals surface area contributed by atoms with Crippen molar-refractivity contribution in [2.24, 2.45) is 0 Å². The van der Waals surface area contributed by atoms with Gasteiger partial charge in [0.15, 0.2) is 6.10 Å². The molecule has 0 spiro atoms. The fourth-order valence-electron chi connectivity index (χ4n) is 1.03. The Kier molecular flexibility index (Phi) is 4.24. The molecule has 15 heavy (non-hydrogen) atoms. The second-order valence-electron chi connectivity index (χ2n) is 2.93. The van der Waals surface area contributed by atoms with E-state index < -0.39 is 12.1 Å². The largest absolute Gasteiger partial charge is 0.479 e. The molecule has 1 aromatic rings. The summed E-state index contributed by atoms with van der Waals surface area (Å²) in [5.41, 5.74) is 0. The van der Waals surface area contributed by atoms with Crippen LogP contribution in [0, 0.1) is 0 Å².